The van der Waals surface area contributed by atoms with E-state index in [1.165, 1.54) is 9.80 Å². The average molecular weight is 630 g/mol. The highest BCUT2D eigenvalue weighted by molar-refractivity contribution is 6.07. The molecule has 13 heteroatoms. The predicted molar refractivity (Wildman–Crippen MR) is 155 cm³/mol. The van der Waals surface area contributed by atoms with Crippen LogP contribution in [-0.4, -0.2) is 90.5 Å². The van der Waals surface area contributed by atoms with Crippen LogP contribution in [0.4, 0.5) is 23.7 Å². The molecule has 0 aromatic heterocycles. The van der Waals surface area contributed by atoms with Crippen molar-refractivity contribution in [3.8, 4) is 6.07 Å². The van der Waals surface area contributed by atoms with Crippen molar-refractivity contribution in [1.82, 2.24) is 15.1 Å². The van der Waals surface area contributed by atoms with Crippen molar-refractivity contribution >= 4 is 29.5 Å². The molecule has 10 nitrogen and oxygen atoms in total. The normalized spacial score (nSPS) is 33.6. The largest absolute Gasteiger partial charge is 0.441 e. The zero-order valence-electron chi connectivity index (χ0n) is 25.5. The van der Waals surface area contributed by atoms with E-state index in [-0.39, 0.29) is 37.3 Å². The van der Waals surface area contributed by atoms with Gasteiger partial charge in [0.2, 0.25) is 17.7 Å². The number of anilines is 1. The molecule has 6 rings (SSSR count). The molecule has 3 heterocycles. The molecule has 0 radical (unpaired) electrons. The van der Waals surface area contributed by atoms with Gasteiger partial charge in [-0.15, -0.1) is 0 Å². The van der Waals surface area contributed by atoms with Crippen LogP contribution in [0.1, 0.15) is 45.6 Å². The monoisotopic (exact) mass is 629 g/mol. The Kier molecular flexibility index (Phi) is 7.77. The van der Waals surface area contributed by atoms with Crippen LogP contribution >= 0.6 is 0 Å². The zero-order chi connectivity index (χ0) is 32.4. The number of alkyl halides is 3. The fourth-order valence-corrected chi connectivity index (χ4v) is 8.63. The standard InChI is InChI=1S/C32H38F3N5O5/c1-31(2,3)26(38-30(44)45-18(11-33)12-34)28(42)39-14-20-16-8-19(22(35)9-16)24(20)25(39)27(41)40-15-32(10-17(40)13-36)21-6-4-5-7-23(21)37-29(32)43/h4-7,16-20,22,24-26H,8-12,14-15H2,1-3H3,(H,37,43)(H,38,44). The van der Waals surface area contributed by atoms with Gasteiger partial charge in [0.25, 0.3) is 0 Å². The molecule has 9 unspecified atom stereocenters. The minimum absolute atomic E-state index is 0.0202. The molecule has 242 valence electrons. The lowest BCUT2D eigenvalue weighted by Gasteiger charge is -2.38. The Labute approximate surface area is 259 Å². The maximum Gasteiger partial charge on any atom is 0.408 e. The van der Waals surface area contributed by atoms with Crippen molar-refractivity contribution in [3.63, 3.8) is 0 Å². The van der Waals surface area contributed by atoms with Crippen LogP contribution in [0.3, 0.4) is 0 Å². The molecule has 2 aliphatic carbocycles. The van der Waals surface area contributed by atoms with Crippen LogP contribution in [0.25, 0.3) is 0 Å². The second-order valence-corrected chi connectivity index (χ2v) is 14.3. The van der Waals surface area contributed by atoms with E-state index < -0.39 is 84.3 Å². The minimum atomic E-state index is -1.62. The number of nitrogens with zero attached hydrogens (tertiary/aromatic N) is 3. The Balaban J connectivity index is 1.33. The van der Waals surface area contributed by atoms with E-state index in [2.05, 4.69) is 16.7 Å². The summed E-state index contributed by atoms with van der Waals surface area (Å²) in [5.41, 5.74) is -0.739. The number of hydrogen-bond acceptors (Lipinski definition) is 6. The lowest BCUT2D eigenvalue weighted by Crippen LogP contribution is -2.60. The number of ether oxygens (including phenoxy) is 1. The van der Waals surface area contributed by atoms with E-state index >= 15 is 4.39 Å². The fraction of sp³-hybridized carbons (Fsp3) is 0.656. The molecule has 4 amide bonds. The highest BCUT2D eigenvalue weighted by atomic mass is 19.1. The molecular formula is C32H38F3N5O5. The van der Waals surface area contributed by atoms with Gasteiger partial charge in [0.1, 0.15) is 37.6 Å². The molecule has 2 bridgehead atoms. The quantitative estimate of drug-likeness (QED) is 0.497. The lowest BCUT2D eigenvalue weighted by molar-refractivity contribution is -0.148. The molecule has 5 aliphatic rings. The minimum Gasteiger partial charge on any atom is -0.441 e. The Hall–Kier alpha value is -3.82. The number of alkyl carbamates (subject to hydrolysis) is 1. The highest BCUT2D eigenvalue weighted by Crippen LogP contribution is 2.59. The second-order valence-electron chi connectivity index (χ2n) is 14.3. The summed E-state index contributed by atoms with van der Waals surface area (Å²) in [6, 6.07) is 6.00. The number of hydrogen-bond donors (Lipinski definition) is 2. The van der Waals surface area contributed by atoms with Crippen molar-refractivity contribution in [2.45, 2.75) is 75.8 Å². The number of amides is 4. The lowest BCUT2D eigenvalue weighted by atomic mass is 9.77. The van der Waals surface area contributed by atoms with Crippen molar-refractivity contribution in [1.29, 1.82) is 5.26 Å². The number of benzene rings is 1. The van der Waals surface area contributed by atoms with Gasteiger partial charge in [0.15, 0.2) is 6.10 Å². The maximum absolute atomic E-state index is 15.2. The SMILES string of the molecule is CC(C)(C)C(NC(=O)OC(CF)CF)C(=O)N1CC2C3CC(F)C(C3)C2C1C(=O)N1CC2(CC1C#N)C(=O)Nc1ccccc12. The van der Waals surface area contributed by atoms with Gasteiger partial charge >= 0.3 is 6.09 Å². The van der Waals surface area contributed by atoms with Crippen LogP contribution in [0.2, 0.25) is 0 Å². The molecule has 45 heavy (non-hydrogen) atoms. The van der Waals surface area contributed by atoms with Gasteiger partial charge in [-0.3, -0.25) is 14.4 Å². The van der Waals surface area contributed by atoms with Crippen LogP contribution in [-0.2, 0) is 24.5 Å². The maximum atomic E-state index is 15.2. The average Bonchev–Trinajstić information content (AvgIpc) is 3.80. The first-order chi connectivity index (χ1) is 21.3. The molecule has 1 spiro atoms. The molecule has 4 fully saturated rings. The number of nitrogens with one attached hydrogen (secondary N) is 2. The first-order valence-corrected chi connectivity index (χ1v) is 15.5. The number of nitriles is 1. The molecule has 2 N–H and O–H groups in total. The fourth-order valence-electron chi connectivity index (χ4n) is 8.63. The van der Waals surface area contributed by atoms with E-state index in [1.54, 1.807) is 45.0 Å². The number of fused-ring (bicyclic) bond motifs is 7. The number of para-hydroxylation sites is 1. The van der Waals surface area contributed by atoms with E-state index in [1.807, 2.05) is 0 Å². The third kappa shape index (κ3) is 4.91. The van der Waals surface area contributed by atoms with Gasteiger partial charge in [0.05, 0.1) is 11.5 Å². The van der Waals surface area contributed by atoms with Gasteiger partial charge in [-0.25, -0.2) is 18.0 Å². The van der Waals surface area contributed by atoms with Crippen molar-refractivity contribution in [3.05, 3.63) is 29.8 Å². The summed E-state index contributed by atoms with van der Waals surface area (Å²) in [6.07, 6.45) is -2.90. The van der Waals surface area contributed by atoms with Crippen LogP contribution in [0, 0.1) is 40.4 Å². The topological polar surface area (TPSA) is 132 Å². The molecule has 9 atom stereocenters. The zero-order valence-corrected chi connectivity index (χ0v) is 25.5. The summed E-state index contributed by atoms with van der Waals surface area (Å²) < 4.78 is 46.2. The van der Waals surface area contributed by atoms with Crippen LogP contribution < -0.4 is 10.6 Å². The Morgan fingerprint density at radius 1 is 1.16 bits per heavy atom. The van der Waals surface area contributed by atoms with E-state index in [0.29, 0.717) is 24.1 Å². The van der Waals surface area contributed by atoms with Crippen LogP contribution in [0.5, 0.6) is 0 Å². The Bertz CT molecular complexity index is 1440. The first kappa shape index (κ1) is 31.2. The van der Waals surface area contributed by atoms with Gasteiger partial charge in [-0.2, -0.15) is 5.26 Å². The number of rotatable bonds is 6. The summed E-state index contributed by atoms with van der Waals surface area (Å²) in [4.78, 5) is 57.8. The smallest absolute Gasteiger partial charge is 0.408 e. The summed E-state index contributed by atoms with van der Waals surface area (Å²) in [6.45, 7) is 2.69. The van der Waals surface area contributed by atoms with Crippen LogP contribution in [0.15, 0.2) is 24.3 Å². The second kappa shape index (κ2) is 11.2. The van der Waals surface area contributed by atoms with Crippen molar-refractivity contribution in [2.75, 3.05) is 31.8 Å². The van der Waals surface area contributed by atoms with Gasteiger partial charge in [-0.1, -0.05) is 39.0 Å². The molecule has 2 saturated carbocycles. The van der Waals surface area contributed by atoms with Crippen molar-refractivity contribution in [2.24, 2.45) is 29.1 Å². The van der Waals surface area contributed by atoms with E-state index in [9.17, 15) is 33.2 Å². The number of likely N-dealkylation sites (tertiary alicyclic amines) is 2. The Morgan fingerprint density at radius 3 is 2.53 bits per heavy atom. The van der Waals surface area contributed by atoms with Crippen molar-refractivity contribution < 1.29 is 37.1 Å². The van der Waals surface area contributed by atoms with Gasteiger partial charge in [-0.05, 0) is 53.6 Å². The molecular weight excluding hydrogens is 591 g/mol. The number of carbonyl (C=O) groups is 4. The number of carbonyl (C=O) groups excluding carboxylic acids is 4. The van der Waals surface area contributed by atoms with Gasteiger partial charge < -0.3 is 25.2 Å². The molecule has 3 aliphatic heterocycles. The number of halogens is 3. The first-order valence-electron chi connectivity index (χ1n) is 15.5. The van der Waals surface area contributed by atoms with E-state index in [0.717, 1.165) is 0 Å². The highest BCUT2D eigenvalue weighted by Gasteiger charge is 2.65. The third-order valence-electron chi connectivity index (χ3n) is 10.7. The summed E-state index contributed by atoms with van der Waals surface area (Å²) in [5, 5.41) is 15.5. The molecule has 2 saturated heterocycles. The molecule has 1 aromatic rings. The molecule has 1 aromatic carbocycles. The summed E-state index contributed by atoms with van der Waals surface area (Å²) >= 11 is 0. The summed E-state index contributed by atoms with van der Waals surface area (Å²) in [5.74, 6) is -2.55. The predicted octanol–water partition coefficient (Wildman–Crippen LogP) is 3.27. The Morgan fingerprint density at radius 2 is 1.87 bits per heavy atom. The third-order valence-corrected chi connectivity index (χ3v) is 10.7. The summed E-state index contributed by atoms with van der Waals surface area (Å²) in [7, 11) is 0. The van der Waals surface area contributed by atoms with Gasteiger partial charge in [0, 0.05) is 25.2 Å². The van der Waals surface area contributed by atoms with E-state index in [4.69, 9.17) is 4.74 Å².